The molecule has 1 aliphatic carbocycles. The second kappa shape index (κ2) is 6.88. The maximum absolute atomic E-state index is 10.6. The van der Waals surface area contributed by atoms with Gasteiger partial charge in [0.1, 0.15) is 0 Å². The highest BCUT2D eigenvalue weighted by Crippen LogP contribution is 2.24. The van der Waals surface area contributed by atoms with Crippen molar-refractivity contribution in [2.45, 2.75) is 44.9 Å². The fourth-order valence-electron chi connectivity index (χ4n) is 2.13. The SMILES string of the molecule is NC(=O)N/N=C1/CCCCCC1CCC(=O)O. The van der Waals surface area contributed by atoms with Crippen LogP contribution in [0.2, 0.25) is 0 Å². The molecule has 0 aromatic heterocycles. The third-order valence-corrected chi connectivity index (χ3v) is 2.97. The number of carbonyl (C=O) groups is 2. The number of urea groups is 1. The number of amides is 2. The first-order valence-electron chi connectivity index (χ1n) is 5.93. The first kappa shape index (κ1) is 13.5. The van der Waals surface area contributed by atoms with Crippen molar-refractivity contribution in [3.63, 3.8) is 0 Å². The van der Waals surface area contributed by atoms with E-state index in [4.69, 9.17) is 10.8 Å². The molecule has 0 spiro atoms. The molecule has 0 aromatic rings. The van der Waals surface area contributed by atoms with E-state index in [2.05, 4.69) is 10.5 Å². The normalized spacial score (nSPS) is 23.1. The second-order valence-corrected chi connectivity index (χ2v) is 4.31. The van der Waals surface area contributed by atoms with Crippen LogP contribution in [0.15, 0.2) is 5.10 Å². The maximum Gasteiger partial charge on any atom is 0.332 e. The van der Waals surface area contributed by atoms with E-state index in [-0.39, 0.29) is 12.3 Å². The molecule has 4 N–H and O–H groups in total. The van der Waals surface area contributed by atoms with Crippen LogP contribution in [0.5, 0.6) is 0 Å². The Kier molecular flexibility index (Phi) is 5.45. The highest BCUT2D eigenvalue weighted by molar-refractivity contribution is 5.88. The Labute approximate surface area is 100 Å². The average Bonchev–Trinajstić information content (AvgIpc) is 2.48. The number of hydrogen-bond acceptors (Lipinski definition) is 3. The summed E-state index contributed by atoms with van der Waals surface area (Å²) in [6, 6.07) is -0.682. The van der Waals surface area contributed by atoms with Crippen LogP contribution in [0.4, 0.5) is 4.79 Å². The molecule has 0 radical (unpaired) electrons. The van der Waals surface area contributed by atoms with Crippen LogP contribution in [0.1, 0.15) is 44.9 Å². The van der Waals surface area contributed by atoms with Crippen LogP contribution >= 0.6 is 0 Å². The lowest BCUT2D eigenvalue weighted by Gasteiger charge is -2.15. The summed E-state index contributed by atoms with van der Waals surface area (Å²) < 4.78 is 0. The van der Waals surface area contributed by atoms with E-state index < -0.39 is 12.0 Å². The minimum atomic E-state index is -0.795. The topological polar surface area (TPSA) is 105 Å². The highest BCUT2D eigenvalue weighted by Gasteiger charge is 2.20. The molecule has 0 bridgehead atoms. The van der Waals surface area contributed by atoms with E-state index in [1.54, 1.807) is 0 Å². The van der Waals surface area contributed by atoms with E-state index in [1.807, 2.05) is 0 Å². The van der Waals surface area contributed by atoms with Gasteiger partial charge in [0.15, 0.2) is 0 Å². The fraction of sp³-hybridized carbons (Fsp3) is 0.727. The van der Waals surface area contributed by atoms with Crippen molar-refractivity contribution in [1.29, 1.82) is 0 Å². The summed E-state index contributed by atoms with van der Waals surface area (Å²) >= 11 is 0. The van der Waals surface area contributed by atoms with Gasteiger partial charge in [-0.15, -0.1) is 0 Å². The molecule has 1 unspecified atom stereocenters. The molecule has 0 heterocycles. The van der Waals surface area contributed by atoms with E-state index in [0.29, 0.717) is 6.42 Å². The van der Waals surface area contributed by atoms with Gasteiger partial charge in [-0.3, -0.25) is 4.79 Å². The smallest absolute Gasteiger partial charge is 0.332 e. The molecule has 1 rings (SSSR count). The molecular formula is C11H19N3O3. The van der Waals surface area contributed by atoms with Gasteiger partial charge >= 0.3 is 12.0 Å². The lowest BCUT2D eigenvalue weighted by molar-refractivity contribution is -0.137. The zero-order chi connectivity index (χ0) is 12.7. The molecule has 0 aliphatic heterocycles. The third kappa shape index (κ3) is 5.33. The van der Waals surface area contributed by atoms with E-state index in [1.165, 1.54) is 0 Å². The van der Waals surface area contributed by atoms with Gasteiger partial charge < -0.3 is 10.8 Å². The quantitative estimate of drug-likeness (QED) is 0.512. The first-order valence-corrected chi connectivity index (χ1v) is 5.93. The molecule has 2 amide bonds. The molecule has 0 aromatic carbocycles. The minimum Gasteiger partial charge on any atom is -0.481 e. The van der Waals surface area contributed by atoms with Gasteiger partial charge in [0.05, 0.1) is 0 Å². The minimum absolute atomic E-state index is 0.139. The van der Waals surface area contributed by atoms with E-state index in [9.17, 15) is 9.59 Å². The highest BCUT2D eigenvalue weighted by atomic mass is 16.4. The lowest BCUT2D eigenvalue weighted by atomic mass is 9.93. The lowest BCUT2D eigenvalue weighted by Crippen LogP contribution is -2.27. The van der Waals surface area contributed by atoms with Crippen LogP contribution in [-0.2, 0) is 4.79 Å². The van der Waals surface area contributed by atoms with Crippen LogP contribution < -0.4 is 11.2 Å². The van der Waals surface area contributed by atoms with E-state index in [0.717, 1.165) is 37.8 Å². The Morgan fingerprint density at radius 2 is 2.18 bits per heavy atom. The van der Waals surface area contributed by atoms with E-state index >= 15 is 0 Å². The Morgan fingerprint density at radius 3 is 2.82 bits per heavy atom. The maximum atomic E-state index is 10.6. The number of aliphatic carboxylic acids is 1. The third-order valence-electron chi connectivity index (χ3n) is 2.97. The van der Waals surface area contributed by atoms with Crippen LogP contribution in [0, 0.1) is 5.92 Å². The van der Waals surface area contributed by atoms with Gasteiger partial charge in [0, 0.05) is 12.1 Å². The average molecular weight is 241 g/mol. The number of nitrogens with two attached hydrogens (primary N) is 1. The predicted octanol–water partition coefficient (Wildman–Crippen LogP) is 1.46. The first-order chi connectivity index (χ1) is 8.09. The second-order valence-electron chi connectivity index (χ2n) is 4.31. The Balaban J connectivity index is 2.61. The summed E-state index contributed by atoms with van der Waals surface area (Å²) in [5, 5.41) is 12.7. The molecular weight excluding hydrogens is 222 g/mol. The zero-order valence-electron chi connectivity index (χ0n) is 9.82. The predicted molar refractivity (Wildman–Crippen MR) is 63.6 cm³/mol. The number of nitrogens with one attached hydrogen (secondary N) is 1. The Morgan fingerprint density at radius 1 is 1.41 bits per heavy atom. The monoisotopic (exact) mass is 241 g/mol. The van der Waals surface area contributed by atoms with Gasteiger partial charge in [-0.05, 0) is 31.6 Å². The number of carboxylic acid groups (broad SMARTS) is 1. The summed E-state index contributed by atoms with van der Waals surface area (Å²) in [6.45, 7) is 0. The van der Waals surface area contributed by atoms with Gasteiger partial charge in [-0.1, -0.05) is 12.8 Å². The summed E-state index contributed by atoms with van der Waals surface area (Å²) in [5.41, 5.74) is 8.08. The number of primary amides is 1. The molecule has 1 fully saturated rings. The number of carboxylic acids is 1. The van der Waals surface area contributed by atoms with Gasteiger partial charge in [0.2, 0.25) is 0 Å². The summed E-state index contributed by atoms with van der Waals surface area (Å²) in [6.07, 6.45) is 5.70. The fourth-order valence-corrected chi connectivity index (χ4v) is 2.13. The summed E-state index contributed by atoms with van der Waals surface area (Å²) in [4.78, 5) is 21.2. The van der Waals surface area contributed by atoms with Crippen molar-refractivity contribution in [3.05, 3.63) is 0 Å². The summed E-state index contributed by atoms with van der Waals surface area (Å²) in [7, 11) is 0. The Bertz CT molecular complexity index is 315. The largest absolute Gasteiger partial charge is 0.481 e. The van der Waals surface area contributed by atoms with Gasteiger partial charge in [0.25, 0.3) is 0 Å². The molecule has 1 atom stereocenters. The number of hydrogen-bond donors (Lipinski definition) is 3. The Hall–Kier alpha value is -1.59. The van der Waals surface area contributed by atoms with Crippen molar-refractivity contribution >= 4 is 17.7 Å². The van der Waals surface area contributed by atoms with Crippen molar-refractivity contribution in [2.24, 2.45) is 16.8 Å². The zero-order valence-corrected chi connectivity index (χ0v) is 9.82. The number of carbonyl (C=O) groups excluding carboxylic acids is 1. The van der Waals surface area contributed by atoms with Crippen molar-refractivity contribution in [3.8, 4) is 0 Å². The molecule has 6 heteroatoms. The standard InChI is InChI=1S/C11H19N3O3/c12-11(17)14-13-9-5-3-1-2-4-8(9)6-7-10(15)16/h8H,1-7H2,(H,15,16)(H3,12,14,17)/b13-9-. The molecule has 96 valence electrons. The number of rotatable bonds is 4. The molecule has 0 saturated heterocycles. The molecule has 1 saturated carbocycles. The van der Waals surface area contributed by atoms with Gasteiger partial charge in [-0.2, -0.15) is 5.10 Å². The van der Waals surface area contributed by atoms with Crippen LogP contribution in [-0.4, -0.2) is 22.8 Å². The number of hydrazone groups is 1. The van der Waals surface area contributed by atoms with Crippen molar-refractivity contribution < 1.29 is 14.7 Å². The van der Waals surface area contributed by atoms with Crippen LogP contribution in [0.3, 0.4) is 0 Å². The van der Waals surface area contributed by atoms with Crippen LogP contribution in [0.25, 0.3) is 0 Å². The van der Waals surface area contributed by atoms with Crippen molar-refractivity contribution in [2.75, 3.05) is 0 Å². The van der Waals surface area contributed by atoms with Crippen molar-refractivity contribution in [1.82, 2.24) is 5.43 Å². The molecule has 6 nitrogen and oxygen atoms in total. The molecule has 17 heavy (non-hydrogen) atoms. The number of nitrogens with zero attached hydrogens (tertiary/aromatic N) is 1. The molecule has 1 aliphatic rings. The summed E-state index contributed by atoms with van der Waals surface area (Å²) in [5.74, 6) is -0.642. The van der Waals surface area contributed by atoms with Gasteiger partial charge in [-0.25, -0.2) is 10.2 Å².